The smallest absolute Gasteiger partial charge is 0.170 e. The van der Waals surface area contributed by atoms with E-state index in [-0.39, 0.29) is 29.6 Å². The maximum absolute atomic E-state index is 13.9. The van der Waals surface area contributed by atoms with Gasteiger partial charge in [-0.15, -0.1) is 0 Å². The van der Waals surface area contributed by atoms with Crippen LogP contribution in [0.15, 0.2) is 0 Å². The molecule has 0 N–H and O–H groups in total. The Hall–Kier alpha value is -0.210. The van der Waals surface area contributed by atoms with Crippen molar-refractivity contribution in [2.45, 2.75) is 68.0 Å². The second-order valence-electron chi connectivity index (χ2n) is 7.05. The molecule has 0 amide bonds. The molecule has 0 saturated carbocycles. The van der Waals surface area contributed by atoms with Crippen LogP contribution >= 0.6 is 0 Å². The van der Waals surface area contributed by atoms with Gasteiger partial charge in [0.15, 0.2) is 0 Å². The van der Waals surface area contributed by atoms with Crippen molar-refractivity contribution >= 4 is 0 Å². The van der Waals surface area contributed by atoms with Crippen molar-refractivity contribution in [3.63, 3.8) is 0 Å². The zero-order chi connectivity index (χ0) is 15.6. The van der Waals surface area contributed by atoms with E-state index in [1.54, 1.807) is 0 Å². The van der Waals surface area contributed by atoms with Crippen molar-refractivity contribution < 1.29 is 13.2 Å². The molecule has 0 aliphatic carbocycles. The summed E-state index contributed by atoms with van der Waals surface area (Å²) in [5.41, 5.74) is -1.61. The molecule has 3 heteroatoms. The predicted octanol–water partition coefficient (Wildman–Crippen LogP) is 6.17. The Morgan fingerprint density at radius 3 is 1.32 bits per heavy atom. The third-order valence-corrected chi connectivity index (χ3v) is 4.75. The van der Waals surface area contributed by atoms with E-state index >= 15 is 0 Å². The molecule has 2 unspecified atom stereocenters. The Bertz CT molecular complexity index is 258. The van der Waals surface area contributed by atoms with Gasteiger partial charge in [0.2, 0.25) is 0 Å². The fourth-order valence-electron chi connectivity index (χ4n) is 4.39. The maximum atomic E-state index is 13.9. The molecule has 0 saturated heterocycles. The Balaban J connectivity index is 5.90. The van der Waals surface area contributed by atoms with Crippen molar-refractivity contribution in [2.75, 3.05) is 0 Å². The van der Waals surface area contributed by atoms with Crippen molar-refractivity contribution in [1.29, 1.82) is 0 Å². The summed E-state index contributed by atoms with van der Waals surface area (Å²) in [6.07, 6.45) is -3.58. The number of hydrogen-bond donors (Lipinski definition) is 0. The van der Waals surface area contributed by atoms with Crippen LogP contribution in [0.3, 0.4) is 0 Å². The van der Waals surface area contributed by atoms with Crippen LogP contribution < -0.4 is 0 Å². The van der Waals surface area contributed by atoms with Gasteiger partial charge in [-0.3, -0.25) is 0 Å². The summed E-state index contributed by atoms with van der Waals surface area (Å²) < 4.78 is 41.6. The molecule has 0 rings (SSSR count). The van der Waals surface area contributed by atoms with Gasteiger partial charge in [0.1, 0.15) is 0 Å². The molecule has 0 aliphatic rings. The molecular formula is C16H31F3. The highest BCUT2D eigenvalue weighted by atomic mass is 19.4. The van der Waals surface area contributed by atoms with Crippen LogP contribution in [0.25, 0.3) is 0 Å². The Morgan fingerprint density at radius 2 is 1.16 bits per heavy atom. The minimum atomic E-state index is -4.16. The van der Waals surface area contributed by atoms with E-state index in [2.05, 4.69) is 0 Å². The van der Waals surface area contributed by atoms with Crippen LogP contribution in [0.1, 0.15) is 61.8 Å². The van der Waals surface area contributed by atoms with Crippen LogP contribution in [0.4, 0.5) is 13.2 Å². The van der Waals surface area contributed by atoms with E-state index in [9.17, 15) is 13.2 Å². The van der Waals surface area contributed by atoms with Gasteiger partial charge in [0.25, 0.3) is 0 Å². The van der Waals surface area contributed by atoms with Gasteiger partial charge < -0.3 is 0 Å². The van der Waals surface area contributed by atoms with Crippen LogP contribution in [0.5, 0.6) is 0 Å². The summed E-state index contributed by atoms with van der Waals surface area (Å²) in [6, 6.07) is 0. The molecule has 0 aromatic heterocycles. The minimum Gasteiger partial charge on any atom is -0.170 e. The van der Waals surface area contributed by atoms with E-state index < -0.39 is 11.6 Å². The summed E-state index contributed by atoms with van der Waals surface area (Å²) in [5.74, 6) is -0.586. The SMILES string of the molecule is CCC(C(C)C)C(C)(C(C(C)C)C(C)C)C(F)(F)F. The molecule has 0 nitrogen and oxygen atoms in total. The molecule has 0 heterocycles. The van der Waals surface area contributed by atoms with Crippen LogP contribution in [-0.4, -0.2) is 6.18 Å². The van der Waals surface area contributed by atoms with Gasteiger partial charge in [-0.2, -0.15) is 13.2 Å². The fourth-order valence-corrected chi connectivity index (χ4v) is 4.39. The van der Waals surface area contributed by atoms with Gasteiger partial charge in [-0.05, 0) is 29.6 Å². The van der Waals surface area contributed by atoms with Crippen LogP contribution in [0, 0.1) is 35.0 Å². The standard InChI is InChI=1S/C16H31F3/c1-9-13(10(2)3)15(8,16(17,18)19)14(11(4)5)12(6)7/h10-14H,9H2,1-8H3. The predicted molar refractivity (Wildman–Crippen MR) is 75.9 cm³/mol. The molecular weight excluding hydrogens is 249 g/mol. The summed E-state index contributed by atoms with van der Waals surface area (Å²) in [7, 11) is 0. The monoisotopic (exact) mass is 280 g/mol. The number of rotatable bonds is 6. The zero-order valence-corrected chi connectivity index (χ0v) is 13.7. The first kappa shape index (κ1) is 18.8. The lowest BCUT2D eigenvalue weighted by molar-refractivity contribution is -0.272. The van der Waals surface area contributed by atoms with Crippen molar-refractivity contribution in [3.05, 3.63) is 0 Å². The van der Waals surface area contributed by atoms with E-state index in [0.29, 0.717) is 6.42 Å². The van der Waals surface area contributed by atoms with E-state index in [1.165, 1.54) is 6.92 Å². The van der Waals surface area contributed by atoms with Gasteiger partial charge in [-0.1, -0.05) is 61.8 Å². The fraction of sp³-hybridized carbons (Fsp3) is 1.00. The zero-order valence-electron chi connectivity index (χ0n) is 13.7. The highest BCUT2D eigenvalue weighted by molar-refractivity contribution is 4.97. The van der Waals surface area contributed by atoms with Crippen LogP contribution in [-0.2, 0) is 0 Å². The highest BCUT2D eigenvalue weighted by Gasteiger charge is 2.60. The molecule has 2 atom stereocenters. The number of alkyl halides is 3. The lowest BCUT2D eigenvalue weighted by atomic mass is 9.57. The topological polar surface area (TPSA) is 0 Å². The van der Waals surface area contributed by atoms with Crippen molar-refractivity contribution in [3.8, 4) is 0 Å². The Morgan fingerprint density at radius 1 is 0.789 bits per heavy atom. The first-order valence-electron chi connectivity index (χ1n) is 7.47. The maximum Gasteiger partial charge on any atom is 0.394 e. The summed E-state index contributed by atoms with van der Waals surface area (Å²) in [4.78, 5) is 0. The van der Waals surface area contributed by atoms with Gasteiger partial charge in [0, 0.05) is 0 Å². The quantitative estimate of drug-likeness (QED) is 0.546. The van der Waals surface area contributed by atoms with E-state index in [0.717, 1.165) is 0 Å². The summed E-state index contributed by atoms with van der Waals surface area (Å²) in [5, 5.41) is 0. The third-order valence-electron chi connectivity index (χ3n) is 4.75. The molecule has 0 aromatic carbocycles. The lowest BCUT2D eigenvalue weighted by Gasteiger charge is -2.49. The van der Waals surface area contributed by atoms with Crippen molar-refractivity contribution in [2.24, 2.45) is 35.0 Å². The Labute approximate surface area is 117 Å². The average Bonchev–Trinajstić information content (AvgIpc) is 2.14. The lowest BCUT2D eigenvalue weighted by Crippen LogP contribution is -2.52. The first-order valence-corrected chi connectivity index (χ1v) is 7.47. The summed E-state index contributed by atoms with van der Waals surface area (Å²) in [6.45, 7) is 14.8. The Kier molecular flexibility index (Phi) is 6.42. The molecule has 116 valence electrons. The average molecular weight is 280 g/mol. The third kappa shape index (κ3) is 3.66. The second-order valence-corrected chi connectivity index (χ2v) is 7.05. The number of halogens is 3. The largest absolute Gasteiger partial charge is 0.394 e. The molecule has 0 radical (unpaired) electrons. The first-order chi connectivity index (χ1) is 8.41. The second kappa shape index (κ2) is 6.49. The number of hydrogen-bond acceptors (Lipinski definition) is 0. The minimum absolute atomic E-state index is 0.0272. The molecule has 19 heavy (non-hydrogen) atoms. The summed E-state index contributed by atoms with van der Waals surface area (Å²) >= 11 is 0. The van der Waals surface area contributed by atoms with Gasteiger partial charge in [0.05, 0.1) is 5.41 Å². The normalized spacial score (nSPS) is 18.5. The highest BCUT2D eigenvalue weighted by Crippen LogP contribution is 2.56. The van der Waals surface area contributed by atoms with Gasteiger partial charge in [-0.25, -0.2) is 0 Å². The van der Waals surface area contributed by atoms with Crippen LogP contribution in [0.2, 0.25) is 0 Å². The molecule has 0 aliphatic heterocycles. The molecule has 0 bridgehead atoms. The van der Waals surface area contributed by atoms with Gasteiger partial charge >= 0.3 is 6.18 Å². The van der Waals surface area contributed by atoms with E-state index in [4.69, 9.17) is 0 Å². The van der Waals surface area contributed by atoms with Crippen molar-refractivity contribution in [1.82, 2.24) is 0 Å². The molecule has 0 spiro atoms. The molecule has 0 aromatic rings. The van der Waals surface area contributed by atoms with E-state index in [1.807, 2.05) is 48.5 Å². The molecule has 0 fully saturated rings.